The van der Waals surface area contributed by atoms with Crippen LogP contribution in [0.1, 0.15) is 52.5 Å². The molecule has 2 atom stereocenters. The normalized spacial score (nSPS) is 18.9. The number of anilines is 1. The summed E-state index contributed by atoms with van der Waals surface area (Å²) in [6.45, 7) is 11.8. The van der Waals surface area contributed by atoms with Gasteiger partial charge in [0, 0.05) is 25.3 Å². The van der Waals surface area contributed by atoms with Crippen LogP contribution < -0.4 is 16.0 Å². The summed E-state index contributed by atoms with van der Waals surface area (Å²) >= 11 is 0. The molecular formula is C20H36IN5O. The molecule has 1 aliphatic heterocycles. The molecule has 2 unspecified atom stereocenters. The number of rotatable bonds is 8. The van der Waals surface area contributed by atoms with Gasteiger partial charge in [-0.1, -0.05) is 32.8 Å². The van der Waals surface area contributed by atoms with Gasteiger partial charge in [-0.25, -0.2) is 9.98 Å². The Kier molecular flexibility index (Phi) is 11.0. The second kappa shape index (κ2) is 12.4. The Morgan fingerprint density at radius 3 is 2.78 bits per heavy atom. The van der Waals surface area contributed by atoms with Crippen molar-refractivity contribution in [1.29, 1.82) is 0 Å². The van der Waals surface area contributed by atoms with Crippen LogP contribution in [0.25, 0.3) is 0 Å². The quantitative estimate of drug-likeness (QED) is 0.332. The Morgan fingerprint density at radius 1 is 1.37 bits per heavy atom. The molecule has 0 bridgehead atoms. The molecule has 0 radical (unpaired) electrons. The van der Waals surface area contributed by atoms with E-state index in [1.54, 1.807) is 0 Å². The molecule has 0 spiro atoms. The van der Waals surface area contributed by atoms with Crippen LogP contribution in [0.4, 0.5) is 5.82 Å². The minimum atomic E-state index is 0. The number of aromatic nitrogens is 1. The maximum absolute atomic E-state index is 6.01. The van der Waals surface area contributed by atoms with Crippen LogP contribution in [-0.4, -0.2) is 42.8 Å². The van der Waals surface area contributed by atoms with Crippen molar-refractivity contribution in [3.05, 3.63) is 23.9 Å². The van der Waals surface area contributed by atoms with Gasteiger partial charge >= 0.3 is 0 Å². The molecule has 0 saturated carbocycles. The second-order valence-electron chi connectivity index (χ2n) is 7.72. The zero-order valence-corrected chi connectivity index (χ0v) is 19.5. The van der Waals surface area contributed by atoms with E-state index in [2.05, 4.69) is 60.0 Å². The van der Waals surface area contributed by atoms with Crippen molar-refractivity contribution in [3.8, 4) is 0 Å². The zero-order chi connectivity index (χ0) is 18.9. The second-order valence-corrected chi connectivity index (χ2v) is 7.72. The number of nitrogens with one attached hydrogen (secondary N) is 1. The first kappa shape index (κ1) is 23.9. The highest BCUT2D eigenvalue weighted by Gasteiger charge is 2.17. The molecule has 0 aromatic carbocycles. The van der Waals surface area contributed by atoms with Crippen molar-refractivity contribution in [2.24, 2.45) is 16.6 Å². The van der Waals surface area contributed by atoms with E-state index in [1.165, 1.54) is 12.8 Å². The van der Waals surface area contributed by atoms with Gasteiger partial charge in [-0.15, -0.1) is 24.0 Å². The molecule has 0 aliphatic carbocycles. The number of halogens is 1. The lowest BCUT2D eigenvalue weighted by Gasteiger charge is -2.32. The van der Waals surface area contributed by atoms with E-state index in [4.69, 9.17) is 10.5 Å². The summed E-state index contributed by atoms with van der Waals surface area (Å²) in [6, 6.07) is 4.48. The lowest BCUT2D eigenvalue weighted by atomic mass is 10.0. The minimum absolute atomic E-state index is 0. The van der Waals surface area contributed by atoms with E-state index in [-0.39, 0.29) is 30.1 Å². The lowest BCUT2D eigenvalue weighted by molar-refractivity contribution is 0.0529. The third-order valence-corrected chi connectivity index (χ3v) is 4.62. The Bertz CT molecular complexity index is 564. The average molecular weight is 489 g/mol. The largest absolute Gasteiger partial charge is 0.375 e. The molecule has 2 heterocycles. The summed E-state index contributed by atoms with van der Waals surface area (Å²) in [5.41, 5.74) is 7.07. The molecule has 1 aliphatic rings. The smallest absolute Gasteiger partial charge is 0.189 e. The topological polar surface area (TPSA) is 75.8 Å². The lowest BCUT2D eigenvalue weighted by Crippen LogP contribution is -2.41. The van der Waals surface area contributed by atoms with E-state index in [9.17, 15) is 0 Å². The fourth-order valence-corrected chi connectivity index (χ4v) is 3.10. The van der Waals surface area contributed by atoms with Crippen LogP contribution in [-0.2, 0) is 11.3 Å². The number of hydrogen-bond acceptors (Lipinski definition) is 4. The fourth-order valence-electron chi connectivity index (χ4n) is 3.10. The first-order valence-corrected chi connectivity index (χ1v) is 9.82. The number of pyridine rings is 1. The molecular weight excluding hydrogens is 453 g/mol. The third-order valence-electron chi connectivity index (χ3n) is 4.62. The highest BCUT2D eigenvalue weighted by molar-refractivity contribution is 14.0. The van der Waals surface area contributed by atoms with Gasteiger partial charge in [-0.3, -0.25) is 0 Å². The van der Waals surface area contributed by atoms with E-state index in [1.807, 2.05) is 6.20 Å². The highest BCUT2D eigenvalue weighted by Crippen LogP contribution is 2.15. The van der Waals surface area contributed by atoms with E-state index in [0.717, 1.165) is 43.4 Å². The summed E-state index contributed by atoms with van der Waals surface area (Å²) in [4.78, 5) is 11.3. The van der Waals surface area contributed by atoms with E-state index >= 15 is 0 Å². The minimum Gasteiger partial charge on any atom is -0.375 e. The zero-order valence-electron chi connectivity index (χ0n) is 17.1. The maximum Gasteiger partial charge on any atom is 0.189 e. The van der Waals surface area contributed by atoms with Gasteiger partial charge in [-0.2, -0.15) is 0 Å². The van der Waals surface area contributed by atoms with Crippen molar-refractivity contribution in [2.75, 3.05) is 24.6 Å². The van der Waals surface area contributed by atoms with Gasteiger partial charge in [0.2, 0.25) is 0 Å². The van der Waals surface area contributed by atoms with Crippen LogP contribution >= 0.6 is 24.0 Å². The Morgan fingerprint density at radius 2 is 2.15 bits per heavy atom. The molecule has 27 heavy (non-hydrogen) atoms. The number of ether oxygens (including phenoxy) is 1. The summed E-state index contributed by atoms with van der Waals surface area (Å²) in [6.07, 6.45) is 5.72. The van der Waals surface area contributed by atoms with E-state index < -0.39 is 0 Å². The Labute approximate surface area is 181 Å². The number of nitrogens with zero attached hydrogens (tertiary/aromatic N) is 3. The number of morpholine rings is 1. The molecule has 3 N–H and O–H groups in total. The van der Waals surface area contributed by atoms with Crippen LogP contribution in [0, 0.1) is 5.92 Å². The van der Waals surface area contributed by atoms with Gasteiger partial charge in [-0.05, 0) is 37.8 Å². The standard InChI is InChI=1S/C20H35N5O.HI/c1-15(2)6-5-7-16(3)24-20(21)23-13-18-8-9-19(22-12-18)25-10-11-26-17(4)14-25;/h8-9,12,15-17H,5-7,10-11,13-14H2,1-4H3,(H3,21,23,24);1H. The number of aliphatic imine (C=N–C) groups is 1. The first-order chi connectivity index (χ1) is 12.4. The van der Waals surface area contributed by atoms with Gasteiger partial charge in [0.05, 0.1) is 19.3 Å². The van der Waals surface area contributed by atoms with Gasteiger partial charge < -0.3 is 20.7 Å². The van der Waals surface area contributed by atoms with Crippen molar-refractivity contribution >= 4 is 35.8 Å². The third kappa shape index (κ3) is 9.10. The van der Waals surface area contributed by atoms with Crippen LogP contribution in [0.2, 0.25) is 0 Å². The average Bonchev–Trinajstić information content (AvgIpc) is 2.60. The Balaban J connectivity index is 0.00000364. The summed E-state index contributed by atoms with van der Waals surface area (Å²) in [5, 5.41) is 3.28. The van der Waals surface area contributed by atoms with Crippen molar-refractivity contribution in [1.82, 2.24) is 10.3 Å². The monoisotopic (exact) mass is 489 g/mol. The molecule has 1 aromatic heterocycles. The number of nitrogens with two attached hydrogens (primary N) is 1. The van der Waals surface area contributed by atoms with Crippen molar-refractivity contribution in [3.63, 3.8) is 0 Å². The van der Waals surface area contributed by atoms with Crippen LogP contribution in [0.15, 0.2) is 23.3 Å². The molecule has 154 valence electrons. The van der Waals surface area contributed by atoms with Crippen molar-refractivity contribution in [2.45, 2.75) is 65.6 Å². The predicted octanol–water partition coefficient (Wildman–Crippen LogP) is 3.54. The summed E-state index contributed by atoms with van der Waals surface area (Å²) in [5.74, 6) is 2.26. The molecule has 6 nitrogen and oxygen atoms in total. The SMILES string of the molecule is CC(C)CCCC(C)NC(N)=NCc1ccc(N2CCOC(C)C2)nc1.I. The van der Waals surface area contributed by atoms with Crippen LogP contribution in [0.5, 0.6) is 0 Å². The molecule has 1 fully saturated rings. The maximum atomic E-state index is 6.01. The number of guanidine groups is 1. The van der Waals surface area contributed by atoms with Gasteiger partial charge in [0.1, 0.15) is 5.82 Å². The van der Waals surface area contributed by atoms with Crippen molar-refractivity contribution < 1.29 is 4.74 Å². The van der Waals surface area contributed by atoms with Gasteiger partial charge in [0.25, 0.3) is 0 Å². The Hall–Kier alpha value is -1.09. The number of hydrogen-bond donors (Lipinski definition) is 2. The molecule has 7 heteroatoms. The molecule has 0 amide bonds. The first-order valence-electron chi connectivity index (χ1n) is 9.82. The summed E-state index contributed by atoms with van der Waals surface area (Å²) in [7, 11) is 0. The van der Waals surface area contributed by atoms with Gasteiger partial charge in [0.15, 0.2) is 5.96 Å². The fraction of sp³-hybridized carbons (Fsp3) is 0.700. The predicted molar refractivity (Wildman–Crippen MR) is 124 cm³/mol. The van der Waals surface area contributed by atoms with Crippen LogP contribution in [0.3, 0.4) is 0 Å². The highest BCUT2D eigenvalue weighted by atomic mass is 127. The summed E-state index contributed by atoms with van der Waals surface area (Å²) < 4.78 is 5.58. The molecule has 2 rings (SSSR count). The molecule has 1 saturated heterocycles. The van der Waals surface area contributed by atoms with E-state index in [0.29, 0.717) is 18.5 Å². The molecule has 1 aromatic rings.